The van der Waals surface area contributed by atoms with E-state index in [9.17, 15) is 9.59 Å². The molecular formula is C22H26N2O4. The number of ether oxygens (including phenoxy) is 2. The highest BCUT2D eigenvalue weighted by atomic mass is 16.5. The number of carbonyl (C=O) groups is 2. The molecule has 0 spiro atoms. The van der Waals surface area contributed by atoms with Gasteiger partial charge in [0.25, 0.3) is 0 Å². The standard InChI is InChI=1S/C22H26N2O4/c1-15-4-9-20(28-3)19(12-15)24-14-17(13-21(24)25)22(26)23-11-10-16-5-7-18(27-2)8-6-16/h4-9,12,17H,10-11,13-14H2,1-3H3,(H,23,26). The largest absolute Gasteiger partial charge is 0.497 e. The van der Waals surface area contributed by atoms with E-state index in [2.05, 4.69) is 5.32 Å². The Morgan fingerprint density at radius 1 is 1.14 bits per heavy atom. The molecule has 3 rings (SSSR count). The molecule has 1 heterocycles. The molecule has 1 unspecified atom stereocenters. The predicted octanol–water partition coefficient (Wildman–Crippen LogP) is 2.72. The van der Waals surface area contributed by atoms with Gasteiger partial charge in [0.15, 0.2) is 0 Å². The molecular weight excluding hydrogens is 356 g/mol. The molecule has 1 fully saturated rings. The Balaban J connectivity index is 1.57. The van der Waals surface area contributed by atoms with E-state index < -0.39 is 0 Å². The number of carbonyl (C=O) groups excluding carboxylic acids is 2. The van der Waals surface area contributed by atoms with Crippen LogP contribution in [-0.2, 0) is 16.0 Å². The van der Waals surface area contributed by atoms with Crippen LogP contribution in [0.5, 0.6) is 11.5 Å². The second-order valence-corrected chi connectivity index (χ2v) is 6.97. The van der Waals surface area contributed by atoms with Crippen LogP contribution in [0.2, 0.25) is 0 Å². The van der Waals surface area contributed by atoms with E-state index in [4.69, 9.17) is 9.47 Å². The maximum atomic E-state index is 12.5. The van der Waals surface area contributed by atoms with E-state index in [0.717, 1.165) is 29.0 Å². The van der Waals surface area contributed by atoms with Crippen molar-refractivity contribution in [1.29, 1.82) is 0 Å². The fraction of sp³-hybridized carbons (Fsp3) is 0.364. The lowest BCUT2D eigenvalue weighted by Gasteiger charge is -2.20. The van der Waals surface area contributed by atoms with Gasteiger partial charge in [-0.05, 0) is 48.7 Å². The summed E-state index contributed by atoms with van der Waals surface area (Å²) in [5.74, 6) is 0.951. The number of hydrogen-bond donors (Lipinski definition) is 1. The average molecular weight is 382 g/mol. The van der Waals surface area contributed by atoms with Crippen molar-refractivity contribution in [3.63, 3.8) is 0 Å². The maximum Gasteiger partial charge on any atom is 0.227 e. The van der Waals surface area contributed by atoms with Gasteiger partial charge in [-0.3, -0.25) is 9.59 Å². The van der Waals surface area contributed by atoms with E-state index >= 15 is 0 Å². The lowest BCUT2D eigenvalue weighted by atomic mass is 10.1. The van der Waals surface area contributed by atoms with Crippen molar-refractivity contribution in [3.05, 3.63) is 53.6 Å². The molecule has 1 N–H and O–H groups in total. The molecule has 0 radical (unpaired) electrons. The Hall–Kier alpha value is -3.02. The second kappa shape index (κ2) is 8.78. The Morgan fingerprint density at radius 3 is 2.57 bits per heavy atom. The van der Waals surface area contributed by atoms with Gasteiger partial charge in [-0.2, -0.15) is 0 Å². The average Bonchev–Trinajstić information content (AvgIpc) is 3.10. The highest BCUT2D eigenvalue weighted by molar-refractivity contribution is 6.01. The summed E-state index contributed by atoms with van der Waals surface area (Å²) >= 11 is 0. The van der Waals surface area contributed by atoms with Gasteiger partial charge < -0.3 is 19.7 Å². The number of hydrogen-bond acceptors (Lipinski definition) is 4. The number of nitrogens with one attached hydrogen (secondary N) is 1. The van der Waals surface area contributed by atoms with Crippen LogP contribution in [0, 0.1) is 12.8 Å². The topological polar surface area (TPSA) is 67.9 Å². The number of amides is 2. The zero-order valence-electron chi connectivity index (χ0n) is 16.5. The molecule has 1 aliphatic rings. The van der Waals surface area contributed by atoms with Crippen LogP contribution in [0.25, 0.3) is 0 Å². The Bertz CT molecular complexity index is 848. The molecule has 0 saturated carbocycles. The van der Waals surface area contributed by atoms with Crippen LogP contribution >= 0.6 is 0 Å². The lowest BCUT2D eigenvalue weighted by Crippen LogP contribution is -2.34. The highest BCUT2D eigenvalue weighted by Gasteiger charge is 2.36. The smallest absolute Gasteiger partial charge is 0.227 e. The number of nitrogens with zero attached hydrogens (tertiary/aromatic N) is 1. The fourth-order valence-electron chi connectivity index (χ4n) is 3.39. The molecule has 0 aliphatic carbocycles. The van der Waals surface area contributed by atoms with Crippen molar-refractivity contribution >= 4 is 17.5 Å². The van der Waals surface area contributed by atoms with E-state index in [-0.39, 0.29) is 24.2 Å². The molecule has 0 bridgehead atoms. The SMILES string of the molecule is COc1ccc(CCNC(=O)C2CC(=O)N(c3cc(C)ccc3OC)C2)cc1. The van der Waals surface area contributed by atoms with E-state index in [0.29, 0.717) is 18.8 Å². The lowest BCUT2D eigenvalue weighted by molar-refractivity contribution is -0.126. The quantitative estimate of drug-likeness (QED) is 0.800. The van der Waals surface area contributed by atoms with Crippen LogP contribution in [0.3, 0.4) is 0 Å². The summed E-state index contributed by atoms with van der Waals surface area (Å²) in [6.45, 7) is 2.86. The zero-order chi connectivity index (χ0) is 20.1. The van der Waals surface area contributed by atoms with Crippen molar-refractivity contribution < 1.29 is 19.1 Å². The van der Waals surface area contributed by atoms with Gasteiger partial charge in [0.1, 0.15) is 11.5 Å². The summed E-state index contributed by atoms with van der Waals surface area (Å²) in [5, 5.41) is 2.95. The van der Waals surface area contributed by atoms with Crippen molar-refractivity contribution in [1.82, 2.24) is 5.32 Å². The minimum absolute atomic E-state index is 0.0563. The van der Waals surface area contributed by atoms with Crippen LogP contribution in [-0.4, -0.2) is 39.1 Å². The molecule has 2 aromatic carbocycles. The summed E-state index contributed by atoms with van der Waals surface area (Å²) in [6, 6.07) is 13.5. The van der Waals surface area contributed by atoms with Crippen LogP contribution in [0.15, 0.2) is 42.5 Å². The van der Waals surface area contributed by atoms with Gasteiger partial charge in [0, 0.05) is 19.5 Å². The van der Waals surface area contributed by atoms with Gasteiger partial charge >= 0.3 is 0 Å². The molecule has 148 valence electrons. The number of rotatable bonds is 7. The van der Waals surface area contributed by atoms with Crippen LogP contribution in [0.1, 0.15) is 17.5 Å². The first-order valence-corrected chi connectivity index (χ1v) is 9.37. The van der Waals surface area contributed by atoms with Gasteiger partial charge in [0.2, 0.25) is 11.8 Å². The summed E-state index contributed by atoms with van der Waals surface area (Å²) in [4.78, 5) is 26.7. The monoisotopic (exact) mass is 382 g/mol. The van der Waals surface area contributed by atoms with E-state index in [1.807, 2.05) is 49.4 Å². The number of methoxy groups -OCH3 is 2. The second-order valence-electron chi connectivity index (χ2n) is 6.97. The van der Waals surface area contributed by atoms with Crippen LogP contribution in [0.4, 0.5) is 5.69 Å². The molecule has 28 heavy (non-hydrogen) atoms. The third-order valence-corrected chi connectivity index (χ3v) is 4.99. The number of anilines is 1. The summed E-state index contributed by atoms with van der Waals surface area (Å²) < 4.78 is 10.5. The Kier molecular flexibility index (Phi) is 6.19. The molecule has 2 amide bonds. The molecule has 1 atom stereocenters. The van der Waals surface area contributed by atoms with Crippen molar-refractivity contribution in [2.24, 2.45) is 5.92 Å². The van der Waals surface area contributed by atoms with Gasteiger partial charge in [-0.1, -0.05) is 18.2 Å². The predicted molar refractivity (Wildman–Crippen MR) is 108 cm³/mol. The summed E-state index contributed by atoms with van der Waals surface area (Å²) in [5.41, 5.74) is 2.88. The molecule has 1 saturated heterocycles. The highest BCUT2D eigenvalue weighted by Crippen LogP contribution is 2.33. The van der Waals surface area contributed by atoms with Crippen molar-refractivity contribution in [2.75, 3.05) is 32.2 Å². The van der Waals surface area contributed by atoms with E-state index in [1.54, 1.807) is 19.1 Å². The zero-order valence-corrected chi connectivity index (χ0v) is 16.5. The third-order valence-electron chi connectivity index (χ3n) is 4.99. The molecule has 1 aliphatic heterocycles. The third kappa shape index (κ3) is 4.44. The molecule has 0 aromatic heterocycles. The molecule has 6 heteroatoms. The van der Waals surface area contributed by atoms with Crippen LogP contribution < -0.4 is 19.7 Å². The Labute approximate surface area is 165 Å². The van der Waals surface area contributed by atoms with Crippen molar-refractivity contribution in [2.45, 2.75) is 19.8 Å². The molecule has 6 nitrogen and oxygen atoms in total. The number of benzene rings is 2. The van der Waals surface area contributed by atoms with Gasteiger partial charge in [-0.25, -0.2) is 0 Å². The Morgan fingerprint density at radius 2 is 1.89 bits per heavy atom. The number of aryl methyl sites for hydroxylation is 1. The van der Waals surface area contributed by atoms with Crippen molar-refractivity contribution in [3.8, 4) is 11.5 Å². The maximum absolute atomic E-state index is 12.5. The first-order valence-electron chi connectivity index (χ1n) is 9.37. The normalized spacial score (nSPS) is 16.2. The first kappa shape index (κ1) is 19.7. The minimum Gasteiger partial charge on any atom is -0.497 e. The van der Waals surface area contributed by atoms with Gasteiger partial charge in [0.05, 0.1) is 25.8 Å². The molecule has 2 aromatic rings. The van der Waals surface area contributed by atoms with Gasteiger partial charge in [-0.15, -0.1) is 0 Å². The van der Waals surface area contributed by atoms with E-state index in [1.165, 1.54) is 0 Å². The summed E-state index contributed by atoms with van der Waals surface area (Å²) in [6.07, 6.45) is 0.942. The first-order chi connectivity index (χ1) is 13.5. The summed E-state index contributed by atoms with van der Waals surface area (Å²) in [7, 11) is 3.21. The minimum atomic E-state index is -0.353. The fourth-order valence-corrected chi connectivity index (χ4v) is 3.39.